The van der Waals surface area contributed by atoms with Crippen LogP contribution in [0.25, 0.3) is 10.2 Å². The first-order valence-electron chi connectivity index (χ1n) is 12.1. The van der Waals surface area contributed by atoms with Crippen molar-refractivity contribution in [3.05, 3.63) is 40.2 Å². The molecular weight excluding hydrogens is 584 g/mol. The second-order valence-corrected chi connectivity index (χ2v) is 14.1. The summed E-state index contributed by atoms with van der Waals surface area (Å²) in [5, 5.41) is 2.48. The standard InChI is InChI=1S/C24H29BrN4O4S3/c25-19-4-5-20-21(17-19)35-24(26-20)29(9-2-8-27-12-14-33-15-13-27)23(30)18-6-10-28(11-7-18)36(31,32)22-3-1-16-34-22/h1,3-5,16-18H,2,6-15H2. The molecule has 2 fully saturated rings. The van der Waals surface area contributed by atoms with E-state index in [-0.39, 0.29) is 11.8 Å². The van der Waals surface area contributed by atoms with Crippen LogP contribution in [0, 0.1) is 5.92 Å². The van der Waals surface area contributed by atoms with Crippen molar-refractivity contribution in [2.45, 2.75) is 23.5 Å². The minimum atomic E-state index is -3.49. The molecule has 4 heterocycles. The highest BCUT2D eigenvalue weighted by molar-refractivity contribution is 9.10. The Hall–Kier alpha value is -1.41. The van der Waals surface area contributed by atoms with Gasteiger partial charge < -0.3 is 4.74 Å². The van der Waals surface area contributed by atoms with Crippen molar-refractivity contribution in [1.82, 2.24) is 14.2 Å². The van der Waals surface area contributed by atoms with Crippen molar-refractivity contribution >= 4 is 69.9 Å². The third kappa shape index (κ3) is 5.85. The minimum absolute atomic E-state index is 0.0447. The molecular formula is C24H29BrN4O4S3. The number of amides is 1. The Morgan fingerprint density at radius 1 is 1.17 bits per heavy atom. The highest BCUT2D eigenvalue weighted by Gasteiger charge is 2.35. The number of rotatable bonds is 8. The largest absolute Gasteiger partial charge is 0.379 e. The van der Waals surface area contributed by atoms with Crippen LogP contribution in [0.5, 0.6) is 0 Å². The van der Waals surface area contributed by atoms with Crippen LogP contribution in [-0.4, -0.2) is 81.0 Å². The molecule has 0 radical (unpaired) electrons. The molecule has 0 spiro atoms. The Bertz CT molecular complexity index is 1280. The predicted molar refractivity (Wildman–Crippen MR) is 147 cm³/mol. The first-order chi connectivity index (χ1) is 17.4. The van der Waals surface area contributed by atoms with Crippen LogP contribution < -0.4 is 4.90 Å². The van der Waals surface area contributed by atoms with Gasteiger partial charge in [-0.2, -0.15) is 4.31 Å². The molecule has 0 N–H and O–H groups in total. The van der Waals surface area contributed by atoms with E-state index in [1.165, 1.54) is 27.0 Å². The van der Waals surface area contributed by atoms with Crippen molar-refractivity contribution in [1.29, 1.82) is 0 Å². The SMILES string of the molecule is O=C(C1CCN(S(=O)(=O)c2cccs2)CC1)N(CCCN1CCOCC1)c1nc2ccc(Br)cc2s1. The molecule has 2 aliphatic rings. The summed E-state index contributed by atoms with van der Waals surface area (Å²) in [6.07, 6.45) is 1.87. The summed E-state index contributed by atoms with van der Waals surface area (Å²) in [6.45, 7) is 5.54. The summed E-state index contributed by atoms with van der Waals surface area (Å²) in [6, 6.07) is 9.34. The molecule has 2 saturated heterocycles. The Labute approximate surface area is 228 Å². The number of thiazole rings is 1. The Morgan fingerprint density at radius 3 is 2.67 bits per heavy atom. The van der Waals surface area contributed by atoms with Gasteiger partial charge in [-0.25, -0.2) is 13.4 Å². The van der Waals surface area contributed by atoms with Gasteiger partial charge in [0.15, 0.2) is 5.13 Å². The molecule has 0 saturated carbocycles. The number of benzene rings is 1. The summed E-state index contributed by atoms with van der Waals surface area (Å²) in [7, 11) is -3.49. The number of thiophene rings is 1. The molecule has 0 unspecified atom stereocenters. The normalized spacial score (nSPS) is 18.6. The fraction of sp³-hybridized carbons (Fsp3) is 0.500. The summed E-state index contributed by atoms with van der Waals surface area (Å²) in [4.78, 5) is 22.8. The number of morpholine rings is 1. The third-order valence-corrected chi connectivity index (χ3v) is 11.5. The first-order valence-corrected chi connectivity index (χ1v) is 16.1. The van der Waals surface area contributed by atoms with Crippen LogP contribution in [0.15, 0.2) is 44.4 Å². The smallest absolute Gasteiger partial charge is 0.252 e. The Balaban J connectivity index is 1.29. The summed E-state index contributed by atoms with van der Waals surface area (Å²) in [5.74, 6) is -0.176. The third-order valence-electron chi connectivity index (χ3n) is 6.69. The van der Waals surface area contributed by atoms with Crippen LogP contribution in [0.4, 0.5) is 5.13 Å². The first kappa shape index (κ1) is 26.2. The number of halogens is 1. The number of nitrogens with zero attached hydrogens (tertiary/aromatic N) is 4. The zero-order valence-electron chi connectivity index (χ0n) is 19.8. The van der Waals surface area contributed by atoms with Gasteiger partial charge in [-0.05, 0) is 48.9 Å². The summed E-state index contributed by atoms with van der Waals surface area (Å²) < 4.78 is 35.2. The maximum Gasteiger partial charge on any atom is 0.252 e. The van der Waals surface area contributed by atoms with Crippen molar-refractivity contribution in [3.63, 3.8) is 0 Å². The number of fused-ring (bicyclic) bond motifs is 1. The van der Waals surface area contributed by atoms with Gasteiger partial charge in [0.2, 0.25) is 5.91 Å². The number of aromatic nitrogens is 1. The number of carbonyl (C=O) groups is 1. The number of carbonyl (C=O) groups excluding carboxylic acids is 1. The molecule has 1 aromatic carbocycles. The van der Waals surface area contributed by atoms with Crippen molar-refractivity contribution < 1.29 is 17.9 Å². The van der Waals surface area contributed by atoms with E-state index in [0.29, 0.717) is 41.8 Å². The van der Waals surface area contributed by atoms with E-state index in [0.717, 1.165) is 54.0 Å². The van der Waals surface area contributed by atoms with Gasteiger partial charge in [0, 0.05) is 49.7 Å². The van der Waals surface area contributed by atoms with E-state index < -0.39 is 10.0 Å². The van der Waals surface area contributed by atoms with Gasteiger partial charge in [-0.3, -0.25) is 14.6 Å². The van der Waals surface area contributed by atoms with Crippen LogP contribution in [0.1, 0.15) is 19.3 Å². The van der Waals surface area contributed by atoms with Gasteiger partial charge >= 0.3 is 0 Å². The molecule has 12 heteroatoms. The van der Waals surface area contributed by atoms with Gasteiger partial charge in [0.1, 0.15) is 4.21 Å². The number of anilines is 1. The maximum absolute atomic E-state index is 13.8. The zero-order chi connectivity index (χ0) is 25.1. The molecule has 5 rings (SSSR count). The van der Waals surface area contributed by atoms with Gasteiger partial charge in [0.05, 0.1) is 23.4 Å². The molecule has 0 aliphatic carbocycles. The van der Waals surface area contributed by atoms with E-state index in [1.807, 2.05) is 23.1 Å². The summed E-state index contributed by atoms with van der Waals surface area (Å²) >= 11 is 6.28. The van der Waals surface area contributed by atoms with Gasteiger partial charge in [0.25, 0.3) is 10.0 Å². The number of hydrogen-bond donors (Lipinski definition) is 0. The molecule has 36 heavy (non-hydrogen) atoms. The van der Waals surface area contributed by atoms with E-state index in [2.05, 4.69) is 20.8 Å². The molecule has 1 amide bonds. The molecule has 194 valence electrons. The molecule has 3 aromatic rings. The van der Waals surface area contributed by atoms with E-state index in [4.69, 9.17) is 9.72 Å². The number of sulfonamides is 1. The molecule has 0 atom stereocenters. The highest BCUT2D eigenvalue weighted by Crippen LogP contribution is 2.33. The molecule has 2 aromatic heterocycles. The van der Waals surface area contributed by atoms with E-state index in [9.17, 15) is 13.2 Å². The van der Waals surface area contributed by atoms with E-state index >= 15 is 0 Å². The quantitative estimate of drug-likeness (QED) is 0.378. The van der Waals surface area contributed by atoms with Gasteiger partial charge in [-0.1, -0.05) is 33.3 Å². The fourth-order valence-corrected chi connectivity index (χ4v) is 8.84. The van der Waals surface area contributed by atoms with Crippen LogP contribution in [-0.2, 0) is 19.6 Å². The number of piperidine rings is 1. The van der Waals surface area contributed by atoms with Crippen LogP contribution in [0.3, 0.4) is 0 Å². The Kier molecular flexibility index (Phi) is 8.40. The predicted octanol–water partition coefficient (Wildman–Crippen LogP) is 4.28. The molecule has 2 aliphatic heterocycles. The molecule has 8 nitrogen and oxygen atoms in total. The maximum atomic E-state index is 13.8. The van der Waals surface area contributed by atoms with Gasteiger partial charge in [-0.15, -0.1) is 11.3 Å². The number of hydrogen-bond acceptors (Lipinski definition) is 8. The Morgan fingerprint density at radius 2 is 1.94 bits per heavy atom. The zero-order valence-corrected chi connectivity index (χ0v) is 23.9. The highest BCUT2D eigenvalue weighted by atomic mass is 79.9. The van der Waals surface area contributed by atoms with E-state index in [1.54, 1.807) is 17.5 Å². The van der Waals surface area contributed by atoms with Crippen molar-refractivity contribution in [2.24, 2.45) is 5.92 Å². The van der Waals surface area contributed by atoms with Crippen molar-refractivity contribution in [2.75, 3.05) is 57.4 Å². The lowest BCUT2D eigenvalue weighted by molar-refractivity contribution is -0.123. The monoisotopic (exact) mass is 612 g/mol. The fourth-order valence-electron chi connectivity index (χ4n) is 4.68. The lowest BCUT2D eigenvalue weighted by Gasteiger charge is -2.33. The summed E-state index contributed by atoms with van der Waals surface area (Å²) in [5.41, 5.74) is 0.876. The lowest BCUT2D eigenvalue weighted by Crippen LogP contribution is -2.45. The second kappa shape index (κ2) is 11.5. The van der Waals surface area contributed by atoms with Crippen LogP contribution in [0.2, 0.25) is 0 Å². The van der Waals surface area contributed by atoms with Crippen LogP contribution >= 0.6 is 38.6 Å². The topological polar surface area (TPSA) is 83.1 Å². The van der Waals surface area contributed by atoms with Crippen molar-refractivity contribution in [3.8, 4) is 0 Å². The average Bonchev–Trinajstić information content (AvgIpc) is 3.58. The average molecular weight is 614 g/mol. The minimum Gasteiger partial charge on any atom is -0.379 e. The number of ether oxygens (including phenoxy) is 1. The second-order valence-electron chi connectivity index (χ2n) is 9.02. The lowest BCUT2D eigenvalue weighted by atomic mass is 9.96. The molecule has 0 bridgehead atoms.